The average Bonchev–Trinajstić information content (AvgIpc) is 2.43. The Morgan fingerprint density at radius 1 is 1.69 bits per heavy atom. The molecule has 2 amide bonds. The third-order valence-corrected chi connectivity index (χ3v) is 2.94. The molecule has 0 bridgehead atoms. The molecule has 1 unspecified atom stereocenters. The number of carbonyl (C=O) groups excluding carboxylic acids is 1. The van der Waals surface area contributed by atoms with Gasteiger partial charge in [-0.1, -0.05) is 19.8 Å². The van der Waals surface area contributed by atoms with Crippen molar-refractivity contribution < 1.29 is 9.53 Å². The maximum absolute atomic E-state index is 11.7. The second-order valence-electron chi connectivity index (χ2n) is 4.08. The molecule has 1 aliphatic heterocycles. The molecule has 0 aromatic rings. The Labute approximate surface area is 95.7 Å². The maximum Gasteiger partial charge on any atom is 0.347 e. The summed E-state index contributed by atoms with van der Waals surface area (Å²) in [4.78, 5) is 17.0. The molecule has 0 aromatic carbocycles. The molecule has 1 heterocycles. The predicted molar refractivity (Wildman–Crippen MR) is 62.0 cm³/mol. The SMILES string of the molecule is C#CCN1C(=O)N=C(N)C1(COC)C(C)C. The summed E-state index contributed by atoms with van der Waals surface area (Å²) in [6.07, 6.45) is 5.26. The topological polar surface area (TPSA) is 67.9 Å². The molecule has 1 rings (SSSR count). The lowest BCUT2D eigenvalue weighted by Gasteiger charge is -2.39. The second-order valence-corrected chi connectivity index (χ2v) is 4.08. The fourth-order valence-electron chi connectivity index (χ4n) is 2.02. The lowest BCUT2D eigenvalue weighted by atomic mass is 9.85. The number of amides is 2. The van der Waals surface area contributed by atoms with Crippen molar-refractivity contribution >= 4 is 11.9 Å². The van der Waals surface area contributed by atoms with Crippen LogP contribution in [0.4, 0.5) is 4.79 Å². The molecule has 2 N–H and O–H groups in total. The summed E-state index contributed by atoms with van der Waals surface area (Å²) in [6.45, 7) is 4.41. The zero-order valence-corrected chi connectivity index (χ0v) is 9.86. The van der Waals surface area contributed by atoms with Gasteiger partial charge in [-0.25, -0.2) is 4.79 Å². The summed E-state index contributed by atoms with van der Waals surface area (Å²) < 4.78 is 5.16. The molecule has 0 radical (unpaired) electrons. The van der Waals surface area contributed by atoms with Crippen LogP contribution < -0.4 is 5.73 Å². The van der Waals surface area contributed by atoms with E-state index in [0.29, 0.717) is 6.61 Å². The van der Waals surface area contributed by atoms with Gasteiger partial charge in [0.25, 0.3) is 0 Å². The molecule has 5 heteroatoms. The molecule has 88 valence electrons. The lowest BCUT2D eigenvalue weighted by molar-refractivity contribution is 0.0623. The number of amidine groups is 1. The molecule has 16 heavy (non-hydrogen) atoms. The Kier molecular flexibility index (Phi) is 3.55. The summed E-state index contributed by atoms with van der Waals surface area (Å²) >= 11 is 0. The number of carbonyl (C=O) groups is 1. The van der Waals surface area contributed by atoms with E-state index in [0.717, 1.165) is 0 Å². The first-order valence-corrected chi connectivity index (χ1v) is 5.09. The van der Waals surface area contributed by atoms with Crippen LogP contribution in [-0.2, 0) is 4.74 Å². The minimum Gasteiger partial charge on any atom is -0.385 e. The number of rotatable bonds is 4. The highest BCUT2D eigenvalue weighted by Gasteiger charge is 2.50. The molecule has 0 fully saturated rings. The van der Waals surface area contributed by atoms with Gasteiger partial charge in [0.05, 0.1) is 13.2 Å². The molecule has 1 atom stereocenters. The molecular weight excluding hydrogens is 206 g/mol. The number of nitrogens with zero attached hydrogens (tertiary/aromatic N) is 2. The average molecular weight is 223 g/mol. The Balaban J connectivity index is 3.17. The van der Waals surface area contributed by atoms with Gasteiger partial charge in [-0.3, -0.25) is 4.90 Å². The molecule has 1 aliphatic rings. The maximum atomic E-state index is 11.7. The lowest BCUT2D eigenvalue weighted by Crippen LogP contribution is -2.60. The Hall–Kier alpha value is -1.54. The monoisotopic (exact) mass is 223 g/mol. The molecule has 0 saturated heterocycles. The predicted octanol–water partition coefficient (Wildman–Crippen LogP) is 0.454. The summed E-state index contributed by atoms with van der Waals surface area (Å²) in [7, 11) is 1.56. The first-order valence-electron chi connectivity index (χ1n) is 5.09. The summed E-state index contributed by atoms with van der Waals surface area (Å²) in [6, 6.07) is -0.388. The summed E-state index contributed by atoms with van der Waals surface area (Å²) in [5, 5.41) is 0. The zero-order chi connectivity index (χ0) is 12.3. The number of terminal acetylenes is 1. The van der Waals surface area contributed by atoms with E-state index in [4.69, 9.17) is 16.9 Å². The van der Waals surface area contributed by atoms with Crippen LogP contribution in [0.2, 0.25) is 0 Å². The molecular formula is C11H17N3O2. The van der Waals surface area contributed by atoms with E-state index >= 15 is 0 Å². The minimum atomic E-state index is -0.710. The number of nitrogens with two attached hydrogens (primary N) is 1. The van der Waals surface area contributed by atoms with Crippen LogP contribution in [0, 0.1) is 18.3 Å². The molecule has 0 aromatic heterocycles. The van der Waals surface area contributed by atoms with Crippen LogP contribution in [0.25, 0.3) is 0 Å². The van der Waals surface area contributed by atoms with Crippen LogP contribution in [0.15, 0.2) is 4.99 Å². The second kappa shape index (κ2) is 4.54. The van der Waals surface area contributed by atoms with E-state index in [2.05, 4.69) is 10.9 Å². The molecule has 5 nitrogen and oxygen atoms in total. The van der Waals surface area contributed by atoms with E-state index in [9.17, 15) is 4.79 Å². The summed E-state index contributed by atoms with van der Waals surface area (Å²) in [5.41, 5.74) is 5.14. The first kappa shape index (κ1) is 12.5. The summed E-state index contributed by atoms with van der Waals surface area (Å²) in [5.74, 6) is 2.81. The van der Waals surface area contributed by atoms with E-state index in [-0.39, 0.29) is 24.3 Å². The quantitative estimate of drug-likeness (QED) is 0.704. The van der Waals surface area contributed by atoms with Crippen molar-refractivity contribution in [3.63, 3.8) is 0 Å². The molecule has 0 saturated carbocycles. The van der Waals surface area contributed by atoms with Crippen LogP contribution >= 0.6 is 0 Å². The fraction of sp³-hybridized carbons (Fsp3) is 0.636. The number of aliphatic imine (C=N–C) groups is 1. The van der Waals surface area contributed by atoms with Gasteiger partial charge in [0.15, 0.2) is 0 Å². The van der Waals surface area contributed by atoms with Crippen molar-refractivity contribution in [2.75, 3.05) is 20.3 Å². The smallest absolute Gasteiger partial charge is 0.347 e. The number of hydrogen-bond acceptors (Lipinski definition) is 3. The number of hydrogen-bond donors (Lipinski definition) is 1. The Morgan fingerprint density at radius 2 is 2.31 bits per heavy atom. The fourth-order valence-corrected chi connectivity index (χ4v) is 2.02. The first-order chi connectivity index (χ1) is 7.50. The van der Waals surface area contributed by atoms with Crippen LogP contribution in [-0.4, -0.2) is 42.6 Å². The highest BCUT2D eigenvalue weighted by molar-refractivity contribution is 6.06. The van der Waals surface area contributed by atoms with Crippen LogP contribution in [0.3, 0.4) is 0 Å². The van der Waals surface area contributed by atoms with Crippen LogP contribution in [0.1, 0.15) is 13.8 Å². The van der Waals surface area contributed by atoms with Gasteiger partial charge in [0.2, 0.25) is 0 Å². The van der Waals surface area contributed by atoms with Crippen LogP contribution in [0.5, 0.6) is 0 Å². The Morgan fingerprint density at radius 3 is 2.75 bits per heavy atom. The van der Waals surface area contributed by atoms with E-state index in [1.807, 2.05) is 13.8 Å². The zero-order valence-electron chi connectivity index (χ0n) is 9.86. The third kappa shape index (κ3) is 1.65. The third-order valence-electron chi connectivity index (χ3n) is 2.94. The van der Waals surface area contributed by atoms with Crippen molar-refractivity contribution in [2.24, 2.45) is 16.6 Å². The highest BCUT2D eigenvalue weighted by atomic mass is 16.5. The van der Waals surface area contributed by atoms with Gasteiger partial charge in [-0.2, -0.15) is 4.99 Å². The van der Waals surface area contributed by atoms with Crippen molar-refractivity contribution in [1.29, 1.82) is 0 Å². The Bertz CT molecular complexity index is 357. The largest absolute Gasteiger partial charge is 0.385 e. The molecule has 0 aliphatic carbocycles. The van der Waals surface area contributed by atoms with E-state index < -0.39 is 5.54 Å². The van der Waals surface area contributed by atoms with E-state index in [1.54, 1.807) is 7.11 Å². The van der Waals surface area contributed by atoms with Gasteiger partial charge < -0.3 is 10.5 Å². The molecule has 0 spiro atoms. The van der Waals surface area contributed by atoms with Gasteiger partial charge in [-0.15, -0.1) is 6.42 Å². The van der Waals surface area contributed by atoms with Crippen molar-refractivity contribution in [3.05, 3.63) is 0 Å². The normalized spacial score (nSPS) is 24.8. The van der Waals surface area contributed by atoms with Crippen molar-refractivity contribution in [2.45, 2.75) is 19.4 Å². The number of urea groups is 1. The van der Waals surface area contributed by atoms with Crippen molar-refractivity contribution in [3.8, 4) is 12.3 Å². The number of ether oxygens (including phenoxy) is 1. The van der Waals surface area contributed by atoms with Gasteiger partial charge >= 0.3 is 6.03 Å². The van der Waals surface area contributed by atoms with E-state index in [1.165, 1.54) is 4.90 Å². The standard InChI is InChI=1S/C11H17N3O2/c1-5-6-14-10(15)13-9(12)11(14,7-16-4)8(2)3/h1,8H,6-7H2,2-4H3,(H2,12,13,15). The minimum absolute atomic E-state index is 0.0796. The van der Waals surface area contributed by atoms with Gasteiger partial charge in [-0.05, 0) is 5.92 Å². The van der Waals surface area contributed by atoms with Crippen molar-refractivity contribution in [1.82, 2.24) is 4.90 Å². The van der Waals surface area contributed by atoms with Gasteiger partial charge in [0, 0.05) is 7.11 Å². The van der Waals surface area contributed by atoms with Gasteiger partial charge in [0.1, 0.15) is 11.4 Å². The highest BCUT2D eigenvalue weighted by Crippen LogP contribution is 2.31. The number of methoxy groups -OCH3 is 1.